The van der Waals surface area contributed by atoms with Gasteiger partial charge in [-0.3, -0.25) is 0 Å². The number of rotatable bonds is 7. The highest BCUT2D eigenvalue weighted by molar-refractivity contribution is 4.71. The maximum absolute atomic E-state index is 5.82. The zero-order chi connectivity index (χ0) is 11.2. The zero-order valence-corrected chi connectivity index (χ0v) is 10.3. The molecule has 1 unspecified atom stereocenters. The third kappa shape index (κ3) is 9.96. The Balaban J connectivity index is 3.42. The van der Waals surface area contributed by atoms with Crippen LogP contribution in [-0.4, -0.2) is 30.8 Å². The largest absolute Gasteiger partial charge is 0.377 e. The minimum atomic E-state index is -0.222. The Hall–Kier alpha value is -0.120. The van der Waals surface area contributed by atoms with E-state index in [1.165, 1.54) is 0 Å². The summed E-state index contributed by atoms with van der Waals surface area (Å²) in [5, 5.41) is 3.36. The van der Waals surface area contributed by atoms with Crippen molar-refractivity contribution in [1.82, 2.24) is 5.32 Å². The Morgan fingerprint density at radius 2 is 1.86 bits per heavy atom. The fraction of sp³-hybridized carbons (Fsp3) is 1.00. The Kier molecular flexibility index (Phi) is 6.33. The Labute approximate surface area is 88.4 Å². The van der Waals surface area contributed by atoms with E-state index in [-0.39, 0.29) is 11.6 Å². The average molecular weight is 202 g/mol. The van der Waals surface area contributed by atoms with E-state index >= 15 is 0 Å². The normalized spacial score (nSPS) is 14.8. The van der Waals surface area contributed by atoms with Gasteiger partial charge in [-0.05, 0) is 33.7 Å². The second-order valence-corrected chi connectivity index (χ2v) is 5.01. The van der Waals surface area contributed by atoms with Crippen LogP contribution in [0, 0.1) is 0 Å². The van der Waals surface area contributed by atoms with Gasteiger partial charge in [0.15, 0.2) is 0 Å². The van der Waals surface area contributed by atoms with Crippen LogP contribution in [0.4, 0.5) is 0 Å². The molecule has 0 saturated carbocycles. The van der Waals surface area contributed by atoms with Crippen molar-refractivity contribution in [1.29, 1.82) is 0 Å². The minimum Gasteiger partial charge on any atom is -0.377 e. The fourth-order valence-corrected chi connectivity index (χ4v) is 1.02. The van der Waals surface area contributed by atoms with Crippen LogP contribution < -0.4 is 11.1 Å². The van der Waals surface area contributed by atoms with Gasteiger partial charge in [0.05, 0.1) is 12.7 Å². The molecule has 0 radical (unpaired) electrons. The first-order valence-corrected chi connectivity index (χ1v) is 5.45. The minimum absolute atomic E-state index is 0.222. The van der Waals surface area contributed by atoms with Crippen LogP contribution >= 0.6 is 0 Å². The lowest BCUT2D eigenvalue weighted by Gasteiger charge is -2.22. The summed E-state index contributed by atoms with van der Waals surface area (Å²) in [6.45, 7) is 12.0. The van der Waals surface area contributed by atoms with Gasteiger partial charge >= 0.3 is 0 Å². The molecule has 1 atom stereocenters. The van der Waals surface area contributed by atoms with Crippen molar-refractivity contribution in [3.05, 3.63) is 0 Å². The summed E-state index contributed by atoms with van der Waals surface area (Å²) < 4.78 is 5.62. The first kappa shape index (κ1) is 13.9. The lowest BCUT2D eigenvalue weighted by Crippen LogP contribution is -2.39. The lowest BCUT2D eigenvalue weighted by atomic mass is 10.1. The van der Waals surface area contributed by atoms with Gasteiger partial charge in [-0.15, -0.1) is 0 Å². The molecule has 0 rings (SSSR count). The molecule has 0 aromatic heterocycles. The summed E-state index contributed by atoms with van der Waals surface area (Å²) in [6, 6.07) is 0.549. The first-order chi connectivity index (χ1) is 6.31. The van der Waals surface area contributed by atoms with Gasteiger partial charge in [-0.25, -0.2) is 0 Å². The van der Waals surface area contributed by atoms with Crippen molar-refractivity contribution in [3.8, 4) is 0 Å². The average Bonchev–Trinajstić information content (AvgIpc) is 1.99. The van der Waals surface area contributed by atoms with Crippen molar-refractivity contribution in [2.45, 2.75) is 58.7 Å². The third-order valence-corrected chi connectivity index (χ3v) is 1.84. The Bertz CT molecular complexity index is 141. The van der Waals surface area contributed by atoms with Crippen LogP contribution in [0.3, 0.4) is 0 Å². The van der Waals surface area contributed by atoms with Crippen molar-refractivity contribution in [3.63, 3.8) is 0 Å². The number of nitrogens with two attached hydrogens (primary N) is 1. The molecule has 3 heteroatoms. The predicted molar refractivity (Wildman–Crippen MR) is 61.4 cm³/mol. The van der Waals surface area contributed by atoms with Gasteiger partial charge in [-0.1, -0.05) is 13.8 Å². The molecule has 0 heterocycles. The number of ether oxygens (including phenoxy) is 1. The molecule has 86 valence electrons. The maximum Gasteiger partial charge on any atom is 0.0644 e. The SMILES string of the molecule is CC(C)NCCC(C)OCC(C)(C)N. The van der Waals surface area contributed by atoms with Crippen molar-refractivity contribution in [2.24, 2.45) is 5.73 Å². The first-order valence-electron chi connectivity index (χ1n) is 5.45. The number of hydrogen-bond donors (Lipinski definition) is 2. The van der Waals surface area contributed by atoms with Crippen molar-refractivity contribution in [2.75, 3.05) is 13.2 Å². The highest BCUT2D eigenvalue weighted by atomic mass is 16.5. The van der Waals surface area contributed by atoms with E-state index in [0.29, 0.717) is 12.6 Å². The summed E-state index contributed by atoms with van der Waals surface area (Å²) >= 11 is 0. The van der Waals surface area contributed by atoms with E-state index in [2.05, 4.69) is 26.1 Å². The molecule has 0 bridgehead atoms. The highest BCUT2D eigenvalue weighted by Crippen LogP contribution is 2.03. The molecule has 0 saturated heterocycles. The molecule has 3 N–H and O–H groups in total. The Morgan fingerprint density at radius 1 is 1.29 bits per heavy atom. The maximum atomic E-state index is 5.82. The van der Waals surface area contributed by atoms with Crippen LogP contribution in [0.2, 0.25) is 0 Å². The predicted octanol–water partition coefficient (Wildman–Crippen LogP) is 1.52. The smallest absolute Gasteiger partial charge is 0.0644 e. The molecular formula is C11H26N2O. The molecule has 0 amide bonds. The second-order valence-electron chi connectivity index (χ2n) is 5.01. The van der Waals surface area contributed by atoms with E-state index in [9.17, 15) is 0 Å². The van der Waals surface area contributed by atoms with Gasteiger partial charge in [0.1, 0.15) is 0 Å². The summed E-state index contributed by atoms with van der Waals surface area (Å²) in [5.74, 6) is 0. The van der Waals surface area contributed by atoms with Gasteiger partial charge in [-0.2, -0.15) is 0 Å². The van der Waals surface area contributed by atoms with E-state index in [4.69, 9.17) is 10.5 Å². The topological polar surface area (TPSA) is 47.3 Å². The van der Waals surface area contributed by atoms with Gasteiger partial charge < -0.3 is 15.8 Å². The quantitative estimate of drug-likeness (QED) is 0.658. The number of hydrogen-bond acceptors (Lipinski definition) is 3. The lowest BCUT2D eigenvalue weighted by molar-refractivity contribution is 0.0339. The standard InChI is InChI=1S/C11H26N2O/c1-9(2)13-7-6-10(3)14-8-11(4,5)12/h9-10,13H,6-8,12H2,1-5H3. The van der Waals surface area contributed by atoms with E-state index in [0.717, 1.165) is 13.0 Å². The molecular weight excluding hydrogens is 176 g/mol. The highest BCUT2D eigenvalue weighted by Gasteiger charge is 2.12. The van der Waals surface area contributed by atoms with Crippen molar-refractivity contribution >= 4 is 0 Å². The Morgan fingerprint density at radius 3 is 2.29 bits per heavy atom. The monoisotopic (exact) mass is 202 g/mol. The fourth-order valence-electron chi connectivity index (χ4n) is 1.02. The molecule has 14 heavy (non-hydrogen) atoms. The molecule has 0 fully saturated rings. The van der Waals surface area contributed by atoms with Crippen LogP contribution in [0.5, 0.6) is 0 Å². The van der Waals surface area contributed by atoms with Crippen LogP contribution in [0.25, 0.3) is 0 Å². The van der Waals surface area contributed by atoms with Crippen LogP contribution in [-0.2, 0) is 4.74 Å². The summed E-state index contributed by atoms with van der Waals surface area (Å²) in [4.78, 5) is 0. The summed E-state index contributed by atoms with van der Waals surface area (Å²) in [5.41, 5.74) is 5.60. The molecule has 0 spiro atoms. The molecule has 0 aromatic rings. The summed E-state index contributed by atoms with van der Waals surface area (Å²) in [6.07, 6.45) is 1.32. The van der Waals surface area contributed by atoms with E-state index in [1.807, 2.05) is 13.8 Å². The van der Waals surface area contributed by atoms with Crippen molar-refractivity contribution < 1.29 is 4.74 Å². The molecule has 0 aromatic carbocycles. The zero-order valence-electron chi connectivity index (χ0n) is 10.3. The van der Waals surface area contributed by atoms with Crippen LogP contribution in [0.15, 0.2) is 0 Å². The van der Waals surface area contributed by atoms with Gasteiger partial charge in [0, 0.05) is 11.6 Å². The molecule has 0 aliphatic rings. The van der Waals surface area contributed by atoms with Gasteiger partial charge in [0.25, 0.3) is 0 Å². The second kappa shape index (κ2) is 6.38. The molecule has 0 aliphatic carbocycles. The van der Waals surface area contributed by atoms with Gasteiger partial charge in [0.2, 0.25) is 0 Å². The summed E-state index contributed by atoms with van der Waals surface area (Å²) in [7, 11) is 0. The third-order valence-electron chi connectivity index (χ3n) is 1.84. The molecule has 0 aliphatic heterocycles. The van der Waals surface area contributed by atoms with E-state index in [1.54, 1.807) is 0 Å². The van der Waals surface area contributed by atoms with E-state index < -0.39 is 0 Å². The molecule has 3 nitrogen and oxygen atoms in total. The number of nitrogens with one attached hydrogen (secondary N) is 1. The van der Waals surface area contributed by atoms with Crippen LogP contribution in [0.1, 0.15) is 41.0 Å².